The van der Waals surface area contributed by atoms with Crippen LogP contribution in [0.2, 0.25) is 0 Å². The molecule has 1 aromatic rings. The molecule has 3 nitrogen and oxygen atoms in total. The highest BCUT2D eigenvalue weighted by atomic mass is 32.2. The molecule has 1 saturated heterocycles. The lowest BCUT2D eigenvalue weighted by atomic mass is 10.2. The van der Waals surface area contributed by atoms with Gasteiger partial charge < -0.3 is 9.32 Å². The fourth-order valence-corrected chi connectivity index (χ4v) is 3.19. The van der Waals surface area contributed by atoms with E-state index in [-0.39, 0.29) is 5.25 Å². The molecule has 0 aromatic carbocycles. The standard InChI is InChI=1S/C12H14F3NO2S/c13-12(14,15)8-11(17)16-4-3-10(19-7-5-16)9-2-1-6-18-9/h1-2,6,10H,3-5,7-8H2. The topological polar surface area (TPSA) is 33.5 Å². The number of furan rings is 1. The molecule has 1 atom stereocenters. The molecule has 0 bridgehead atoms. The fourth-order valence-electron chi connectivity index (χ4n) is 2.00. The third kappa shape index (κ3) is 4.19. The molecule has 2 heterocycles. The van der Waals surface area contributed by atoms with Gasteiger partial charge in [-0.1, -0.05) is 0 Å². The monoisotopic (exact) mass is 293 g/mol. The number of amides is 1. The normalized spacial score (nSPS) is 21.2. The van der Waals surface area contributed by atoms with Crippen molar-refractivity contribution in [1.29, 1.82) is 0 Å². The number of thioether (sulfide) groups is 1. The lowest BCUT2D eigenvalue weighted by molar-refractivity contribution is -0.161. The SMILES string of the molecule is O=C(CC(F)(F)F)N1CCSC(c2ccco2)CC1. The number of carbonyl (C=O) groups excluding carboxylic acids is 1. The number of hydrogen-bond acceptors (Lipinski definition) is 3. The van der Waals surface area contributed by atoms with E-state index in [0.717, 1.165) is 5.76 Å². The summed E-state index contributed by atoms with van der Waals surface area (Å²) in [7, 11) is 0. The van der Waals surface area contributed by atoms with Crippen molar-refractivity contribution in [2.45, 2.75) is 24.3 Å². The first-order valence-corrected chi connectivity index (χ1v) is 7.00. The van der Waals surface area contributed by atoms with Crippen molar-refractivity contribution in [3.05, 3.63) is 24.2 Å². The number of halogens is 3. The Morgan fingerprint density at radius 3 is 2.89 bits per heavy atom. The van der Waals surface area contributed by atoms with Crippen LogP contribution in [0.3, 0.4) is 0 Å². The van der Waals surface area contributed by atoms with Gasteiger partial charge in [0.2, 0.25) is 5.91 Å². The first-order valence-electron chi connectivity index (χ1n) is 5.95. The Morgan fingerprint density at radius 2 is 2.26 bits per heavy atom. The van der Waals surface area contributed by atoms with Crippen molar-refractivity contribution in [2.75, 3.05) is 18.8 Å². The van der Waals surface area contributed by atoms with E-state index >= 15 is 0 Å². The Kier molecular flexibility index (Phi) is 4.44. The van der Waals surface area contributed by atoms with E-state index in [4.69, 9.17) is 4.42 Å². The molecule has 2 rings (SSSR count). The molecule has 106 valence electrons. The molecule has 7 heteroatoms. The molecule has 0 N–H and O–H groups in total. The highest BCUT2D eigenvalue weighted by Gasteiger charge is 2.34. The molecule has 1 aliphatic rings. The maximum absolute atomic E-state index is 12.2. The van der Waals surface area contributed by atoms with Gasteiger partial charge in [-0.2, -0.15) is 13.2 Å². The van der Waals surface area contributed by atoms with Crippen LogP contribution in [0.25, 0.3) is 0 Å². The van der Waals surface area contributed by atoms with Crippen molar-refractivity contribution in [1.82, 2.24) is 4.90 Å². The maximum Gasteiger partial charge on any atom is 0.397 e. The highest BCUT2D eigenvalue weighted by Crippen LogP contribution is 2.35. The van der Waals surface area contributed by atoms with Crippen molar-refractivity contribution < 1.29 is 22.4 Å². The fraction of sp³-hybridized carbons (Fsp3) is 0.583. The van der Waals surface area contributed by atoms with Crippen LogP contribution in [0.1, 0.15) is 23.9 Å². The Bertz CT molecular complexity index is 419. The minimum atomic E-state index is -4.43. The van der Waals surface area contributed by atoms with Crippen molar-refractivity contribution in [2.24, 2.45) is 0 Å². The van der Waals surface area contributed by atoms with E-state index in [1.807, 2.05) is 6.07 Å². The summed E-state index contributed by atoms with van der Waals surface area (Å²) in [5.74, 6) is 0.595. The Labute approximate surface area is 113 Å². The summed E-state index contributed by atoms with van der Waals surface area (Å²) in [4.78, 5) is 12.8. The van der Waals surface area contributed by atoms with Gasteiger partial charge in [0.15, 0.2) is 0 Å². The first-order chi connectivity index (χ1) is 8.96. The van der Waals surface area contributed by atoms with Crippen molar-refractivity contribution in [3.8, 4) is 0 Å². The van der Waals surface area contributed by atoms with Gasteiger partial charge >= 0.3 is 6.18 Å². The summed E-state index contributed by atoms with van der Waals surface area (Å²) in [6, 6.07) is 3.64. The van der Waals surface area contributed by atoms with Crippen LogP contribution in [0.5, 0.6) is 0 Å². The average Bonchev–Trinajstić information content (AvgIpc) is 2.71. The van der Waals surface area contributed by atoms with Crippen LogP contribution in [-0.4, -0.2) is 35.8 Å². The molecular weight excluding hydrogens is 279 g/mol. The molecule has 0 aliphatic carbocycles. The predicted molar refractivity (Wildman–Crippen MR) is 65.8 cm³/mol. The summed E-state index contributed by atoms with van der Waals surface area (Å²) >= 11 is 1.61. The Hall–Kier alpha value is -1.11. The van der Waals surface area contributed by atoms with Gasteiger partial charge in [-0.05, 0) is 18.6 Å². The second-order valence-corrected chi connectivity index (χ2v) is 5.65. The van der Waals surface area contributed by atoms with E-state index in [1.165, 1.54) is 4.90 Å². The van der Waals surface area contributed by atoms with Gasteiger partial charge in [-0.15, -0.1) is 11.8 Å². The molecule has 19 heavy (non-hydrogen) atoms. The van der Waals surface area contributed by atoms with E-state index in [2.05, 4.69) is 0 Å². The second-order valence-electron chi connectivity index (χ2n) is 4.34. The lowest BCUT2D eigenvalue weighted by Gasteiger charge is -2.20. The van der Waals surface area contributed by atoms with E-state index in [9.17, 15) is 18.0 Å². The van der Waals surface area contributed by atoms with Gasteiger partial charge in [-0.3, -0.25) is 4.79 Å². The maximum atomic E-state index is 12.2. The van der Waals surface area contributed by atoms with Crippen molar-refractivity contribution in [3.63, 3.8) is 0 Å². The van der Waals surface area contributed by atoms with Crippen LogP contribution < -0.4 is 0 Å². The van der Waals surface area contributed by atoms with Crippen molar-refractivity contribution >= 4 is 17.7 Å². The first kappa shape index (κ1) is 14.3. The average molecular weight is 293 g/mol. The van der Waals surface area contributed by atoms with Crippen LogP contribution in [-0.2, 0) is 4.79 Å². The van der Waals surface area contributed by atoms with Gasteiger partial charge in [-0.25, -0.2) is 0 Å². The molecule has 1 amide bonds. The third-order valence-corrected chi connectivity index (χ3v) is 4.20. The molecule has 0 saturated carbocycles. The Balaban J connectivity index is 1.91. The summed E-state index contributed by atoms with van der Waals surface area (Å²) in [5, 5.41) is 0.110. The van der Waals surface area contributed by atoms with Gasteiger partial charge in [0.25, 0.3) is 0 Å². The molecule has 1 aromatic heterocycles. The predicted octanol–water partition coefficient (Wildman–Crippen LogP) is 3.24. The zero-order valence-electron chi connectivity index (χ0n) is 10.2. The summed E-state index contributed by atoms with van der Waals surface area (Å²) in [5.41, 5.74) is 0. The number of nitrogens with zero attached hydrogens (tertiary/aromatic N) is 1. The largest absolute Gasteiger partial charge is 0.468 e. The van der Waals surface area contributed by atoms with E-state index < -0.39 is 18.5 Å². The number of hydrogen-bond donors (Lipinski definition) is 0. The second kappa shape index (κ2) is 5.90. The van der Waals surface area contributed by atoms with Crippen LogP contribution in [0.4, 0.5) is 13.2 Å². The molecule has 0 radical (unpaired) electrons. The van der Waals surface area contributed by atoms with Gasteiger partial charge in [0.05, 0.1) is 11.5 Å². The molecule has 1 fully saturated rings. The molecular formula is C12H14F3NO2S. The summed E-state index contributed by atoms with van der Waals surface area (Å²) in [6.07, 6.45) is -3.62. The zero-order valence-corrected chi connectivity index (χ0v) is 11.0. The van der Waals surface area contributed by atoms with Gasteiger partial charge in [0.1, 0.15) is 12.2 Å². The van der Waals surface area contributed by atoms with Crippen LogP contribution in [0, 0.1) is 0 Å². The molecule has 1 unspecified atom stereocenters. The number of carbonyl (C=O) groups is 1. The quantitative estimate of drug-likeness (QED) is 0.839. The number of rotatable bonds is 2. The Morgan fingerprint density at radius 1 is 1.47 bits per heavy atom. The van der Waals surface area contributed by atoms with Crippen LogP contribution >= 0.6 is 11.8 Å². The van der Waals surface area contributed by atoms with E-state index in [1.54, 1.807) is 24.1 Å². The lowest BCUT2D eigenvalue weighted by Crippen LogP contribution is -2.35. The van der Waals surface area contributed by atoms with Gasteiger partial charge in [0, 0.05) is 18.8 Å². The van der Waals surface area contributed by atoms with Crippen LogP contribution in [0.15, 0.2) is 22.8 Å². The summed E-state index contributed by atoms with van der Waals surface area (Å²) in [6.45, 7) is 0.698. The van der Waals surface area contributed by atoms with E-state index in [0.29, 0.717) is 25.3 Å². The number of alkyl halides is 3. The minimum absolute atomic E-state index is 0.110. The molecule has 0 spiro atoms. The highest BCUT2D eigenvalue weighted by molar-refractivity contribution is 7.99. The zero-order chi connectivity index (χ0) is 13.9. The molecule has 1 aliphatic heterocycles. The third-order valence-electron chi connectivity index (χ3n) is 2.91. The summed E-state index contributed by atoms with van der Waals surface area (Å²) < 4.78 is 41.9. The smallest absolute Gasteiger partial charge is 0.397 e. The minimum Gasteiger partial charge on any atom is -0.468 e.